The molecule has 0 aliphatic rings. The lowest BCUT2D eigenvalue weighted by Crippen LogP contribution is -2.13. The fraction of sp³-hybridized carbons (Fsp3) is 0.0588. The number of carboxylic acid groups (broad SMARTS) is 1. The summed E-state index contributed by atoms with van der Waals surface area (Å²) in [6.45, 7) is 1.73. The van der Waals surface area contributed by atoms with Crippen molar-refractivity contribution in [2.24, 2.45) is 0 Å². The van der Waals surface area contributed by atoms with Gasteiger partial charge in [0.1, 0.15) is 11.3 Å². The molecule has 0 spiro atoms. The van der Waals surface area contributed by atoms with Gasteiger partial charge in [0.15, 0.2) is 5.82 Å². The molecule has 0 bridgehead atoms. The van der Waals surface area contributed by atoms with E-state index in [4.69, 9.17) is 5.11 Å². The van der Waals surface area contributed by atoms with Crippen molar-refractivity contribution in [3.05, 3.63) is 65.6 Å². The highest BCUT2D eigenvalue weighted by molar-refractivity contribution is 6.05. The third kappa shape index (κ3) is 3.18. The van der Waals surface area contributed by atoms with E-state index in [1.165, 1.54) is 29.1 Å². The van der Waals surface area contributed by atoms with Crippen molar-refractivity contribution >= 4 is 17.6 Å². The largest absolute Gasteiger partial charge is 0.507 e. The number of aromatic carboxylic acids is 1. The van der Waals surface area contributed by atoms with Crippen LogP contribution >= 0.6 is 0 Å². The fourth-order valence-corrected chi connectivity index (χ4v) is 2.33. The Morgan fingerprint density at radius 2 is 1.96 bits per heavy atom. The van der Waals surface area contributed by atoms with Gasteiger partial charge in [-0.05, 0) is 37.3 Å². The van der Waals surface area contributed by atoms with E-state index in [0.29, 0.717) is 17.1 Å². The van der Waals surface area contributed by atoms with Crippen LogP contribution < -0.4 is 5.32 Å². The van der Waals surface area contributed by atoms with Crippen molar-refractivity contribution in [3.8, 4) is 11.6 Å². The highest BCUT2D eigenvalue weighted by Crippen LogP contribution is 2.22. The molecule has 25 heavy (non-hydrogen) atoms. The molecular weight excluding hydrogens is 324 g/mol. The number of phenols is 1. The number of hydrogen-bond acceptors (Lipinski definition) is 5. The standard InChI is InChI=1S/C17H14N4O4/c1-10-13(9-19-21(10)15-4-2-3-7-18-15)16(23)20-11-5-6-14(22)12(8-11)17(24)25/h2-9,22H,1H3,(H,20,23)(H,24,25). The van der Waals surface area contributed by atoms with Crippen LogP contribution in [0.4, 0.5) is 5.69 Å². The normalized spacial score (nSPS) is 10.4. The molecule has 0 saturated heterocycles. The van der Waals surface area contributed by atoms with Crippen LogP contribution in [0.1, 0.15) is 26.4 Å². The zero-order valence-electron chi connectivity index (χ0n) is 13.2. The van der Waals surface area contributed by atoms with Crippen LogP contribution in [0.3, 0.4) is 0 Å². The number of hydrogen-bond donors (Lipinski definition) is 3. The van der Waals surface area contributed by atoms with Crippen molar-refractivity contribution < 1.29 is 19.8 Å². The second-order valence-electron chi connectivity index (χ2n) is 5.23. The van der Waals surface area contributed by atoms with Gasteiger partial charge in [-0.15, -0.1) is 0 Å². The molecule has 2 heterocycles. The van der Waals surface area contributed by atoms with Gasteiger partial charge in [0.25, 0.3) is 5.91 Å². The van der Waals surface area contributed by atoms with Gasteiger partial charge in [0.2, 0.25) is 0 Å². The maximum atomic E-state index is 12.5. The lowest BCUT2D eigenvalue weighted by atomic mass is 10.1. The first-order valence-corrected chi connectivity index (χ1v) is 7.31. The van der Waals surface area contributed by atoms with Crippen LogP contribution in [-0.2, 0) is 0 Å². The second kappa shape index (κ2) is 6.44. The molecule has 0 atom stereocenters. The van der Waals surface area contributed by atoms with Gasteiger partial charge in [-0.3, -0.25) is 4.79 Å². The molecule has 0 unspecified atom stereocenters. The van der Waals surface area contributed by atoms with Crippen molar-refractivity contribution in [2.45, 2.75) is 6.92 Å². The first kappa shape index (κ1) is 16.2. The van der Waals surface area contributed by atoms with Crippen LogP contribution in [0, 0.1) is 6.92 Å². The van der Waals surface area contributed by atoms with E-state index in [2.05, 4.69) is 15.4 Å². The molecule has 0 aliphatic heterocycles. The molecule has 0 fully saturated rings. The summed E-state index contributed by atoms with van der Waals surface area (Å²) in [6.07, 6.45) is 3.04. The Hall–Kier alpha value is -3.68. The molecule has 0 radical (unpaired) electrons. The summed E-state index contributed by atoms with van der Waals surface area (Å²) < 4.78 is 1.54. The number of carbonyl (C=O) groups is 2. The van der Waals surface area contributed by atoms with Crippen LogP contribution in [0.2, 0.25) is 0 Å². The number of nitrogens with one attached hydrogen (secondary N) is 1. The van der Waals surface area contributed by atoms with E-state index in [0.717, 1.165) is 0 Å². The Kier molecular flexibility index (Phi) is 4.17. The van der Waals surface area contributed by atoms with E-state index in [-0.39, 0.29) is 17.0 Å². The van der Waals surface area contributed by atoms with Crippen molar-refractivity contribution in [3.63, 3.8) is 0 Å². The topological polar surface area (TPSA) is 117 Å². The summed E-state index contributed by atoms with van der Waals surface area (Å²) in [7, 11) is 0. The van der Waals surface area contributed by atoms with Crippen LogP contribution in [0.15, 0.2) is 48.8 Å². The Morgan fingerprint density at radius 3 is 2.64 bits per heavy atom. The van der Waals surface area contributed by atoms with Gasteiger partial charge in [-0.25, -0.2) is 14.5 Å². The number of aromatic nitrogens is 3. The number of benzene rings is 1. The zero-order valence-corrected chi connectivity index (χ0v) is 13.2. The number of aromatic hydroxyl groups is 1. The number of rotatable bonds is 4. The first-order chi connectivity index (χ1) is 12.0. The molecule has 1 aromatic carbocycles. The van der Waals surface area contributed by atoms with Gasteiger partial charge in [-0.1, -0.05) is 6.07 Å². The molecule has 8 heteroatoms. The molecule has 0 saturated carbocycles. The Morgan fingerprint density at radius 1 is 1.16 bits per heavy atom. The minimum absolute atomic E-state index is 0.255. The van der Waals surface area contributed by atoms with Gasteiger partial charge >= 0.3 is 5.97 Å². The number of carboxylic acids is 1. The predicted molar refractivity (Wildman–Crippen MR) is 89.1 cm³/mol. The first-order valence-electron chi connectivity index (χ1n) is 7.31. The summed E-state index contributed by atoms with van der Waals surface area (Å²) in [4.78, 5) is 27.7. The molecule has 8 nitrogen and oxygen atoms in total. The average Bonchev–Trinajstić information content (AvgIpc) is 2.98. The van der Waals surface area contributed by atoms with E-state index in [9.17, 15) is 14.7 Å². The SMILES string of the molecule is Cc1c(C(=O)Nc2ccc(O)c(C(=O)O)c2)cnn1-c1ccccn1. The fourth-order valence-electron chi connectivity index (χ4n) is 2.33. The molecule has 3 aromatic rings. The molecule has 3 N–H and O–H groups in total. The number of amides is 1. The van der Waals surface area contributed by atoms with E-state index < -0.39 is 11.9 Å². The van der Waals surface area contributed by atoms with Gasteiger partial charge < -0.3 is 15.5 Å². The molecule has 0 aliphatic carbocycles. The predicted octanol–water partition coefficient (Wildman–Crippen LogP) is 2.23. The Bertz CT molecular complexity index is 951. The number of carbonyl (C=O) groups excluding carboxylic acids is 1. The number of pyridine rings is 1. The lowest BCUT2D eigenvalue weighted by Gasteiger charge is -2.07. The average molecular weight is 338 g/mol. The maximum absolute atomic E-state index is 12.5. The van der Waals surface area contributed by atoms with Crippen LogP contribution in [0.5, 0.6) is 5.75 Å². The highest BCUT2D eigenvalue weighted by atomic mass is 16.4. The molecule has 126 valence electrons. The maximum Gasteiger partial charge on any atom is 0.339 e. The monoisotopic (exact) mass is 338 g/mol. The van der Waals surface area contributed by atoms with Crippen molar-refractivity contribution in [1.29, 1.82) is 0 Å². The third-order valence-corrected chi connectivity index (χ3v) is 3.61. The van der Waals surface area contributed by atoms with Gasteiger partial charge in [-0.2, -0.15) is 5.10 Å². The molecular formula is C17H14N4O4. The minimum Gasteiger partial charge on any atom is -0.507 e. The summed E-state index contributed by atoms with van der Waals surface area (Å²) in [5, 5.41) is 25.3. The lowest BCUT2D eigenvalue weighted by molar-refractivity contribution is 0.0693. The summed E-state index contributed by atoms with van der Waals surface area (Å²) >= 11 is 0. The quantitative estimate of drug-likeness (QED) is 0.628. The van der Waals surface area contributed by atoms with E-state index in [1.807, 2.05) is 6.07 Å². The van der Waals surface area contributed by atoms with E-state index >= 15 is 0 Å². The van der Waals surface area contributed by atoms with Crippen LogP contribution in [0.25, 0.3) is 5.82 Å². The molecule has 2 aromatic heterocycles. The minimum atomic E-state index is -1.28. The summed E-state index contributed by atoms with van der Waals surface area (Å²) in [5.41, 5.74) is 0.882. The molecule has 3 rings (SSSR count). The van der Waals surface area contributed by atoms with E-state index in [1.54, 1.807) is 25.3 Å². The zero-order chi connectivity index (χ0) is 18.0. The van der Waals surface area contributed by atoms with Crippen molar-refractivity contribution in [1.82, 2.24) is 14.8 Å². The number of nitrogens with zero attached hydrogens (tertiary/aromatic N) is 3. The molecule has 1 amide bonds. The van der Waals surface area contributed by atoms with Gasteiger partial charge in [0, 0.05) is 11.9 Å². The Balaban J connectivity index is 1.87. The third-order valence-electron chi connectivity index (χ3n) is 3.61. The smallest absolute Gasteiger partial charge is 0.339 e. The van der Waals surface area contributed by atoms with Gasteiger partial charge in [0.05, 0.1) is 17.5 Å². The van der Waals surface area contributed by atoms with Crippen LogP contribution in [-0.4, -0.2) is 36.9 Å². The Labute approximate surface area is 142 Å². The highest BCUT2D eigenvalue weighted by Gasteiger charge is 2.17. The number of anilines is 1. The summed E-state index contributed by atoms with van der Waals surface area (Å²) in [6, 6.07) is 9.17. The summed E-state index contributed by atoms with van der Waals surface area (Å²) in [5.74, 6) is -1.52. The van der Waals surface area contributed by atoms with Crippen molar-refractivity contribution in [2.75, 3.05) is 5.32 Å². The second-order valence-corrected chi connectivity index (χ2v) is 5.23.